The average molecular weight is 206 g/mol. The minimum atomic E-state index is 0.649. The summed E-state index contributed by atoms with van der Waals surface area (Å²) in [7, 11) is 0. The van der Waals surface area contributed by atoms with Crippen LogP contribution in [0.3, 0.4) is 0 Å². The fourth-order valence-corrected chi connectivity index (χ4v) is 1.92. The topological polar surface area (TPSA) is 55.0 Å². The van der Waals surface area contributed by atoms with Gasteiger partial charge in [-0.05, 0) is 31.9 Å². The van der Waals surface area contributed by atoms with E-state index >= 15 is 0 Å². The van der Waals surface area contributed by atoms with Gasteiger partial charge in [0.1, 0.15) is 0 Å². The molecule has 2 heterocycles. The maximum atomic E-state index is 5.52. The Hall–Kier alpha value is -1.16. The highest BCUT2D eigenvalue weighted by Crippen LogP contribution is 2.15. The smallest absolute Gasteiger partial charge is 0.225 e. The zero-order chi connectivity index (χ0) is 10.5. The summed E-state index contributed by atoms with van der Waals surface area (Å²) < 4.78 is 0. The van der Waals surface area contributed by atoms with Crippen molar-refractivity contribution in [2.24, 2.45) is 5.73 Å². The SMILES string of the molecule is NCCc1ccnc(N2CCCCC2)n1. The van der Waals surface area contributed by atoms with Gasteiger partial charge in [0, 0.05) is 31.4 Å². The van der Waals surface area contributed by atoms with Gasteiger partial charge >= 0.3 is 0 Å². The number of nitrogens with two attached hydrogens (primary N) is 1. The van der Waals surface area contributed by atoms with E-state index in [4.69, 9.17) is 5.73 Å². The lowest BCUT2D eigenvalue weighted by Crippen LogP contribution is -2.31. The van der Waals surface area contributed by atoms with E-state index in [0.717, 1.165) is 31.2 Å². The number of nitrogens with zero attached hydrogens (tertiary/aromatic N) is 3. The lowest BCUT2D eigenvalue weighted by Gasteiger charge is -2.26. The van der Waals surface area contributed by atoms with E-state index < -0.39 is 0 Å². The third-order valence-corrected chi connectivity index (χ3v) is 2.74. The van der Waals surface area contributed by atoms with Gasteiger partial charge in [-0.1, -0.05) is 0 Å². The molecule has 4 nitrogen and oxygen atoms in total. The second-order valence-corrected chi connectivity index (χ2v) is 3.93. The van der Waals surface area contributed by atoms with Crippen LogP contribution in [-0.4, -0.2) is 29.6 Å². The summed E-state index contributed by atoms with van der Waals surface area (Å²) in [5.74, 6) is 0.876. The molecule has 0 saturated carbocycles. The van der Waals surface area contributed by atoms with E-state index in [0.29, 0.717) is 6.54 Å². The summed E-state index contributed by atoms with van der Waals surface area (Å²) in [5.41, 5.74) is 6.56. The van der Waals surface area contributed by atoms with Gasteiger partial charge < -0.3 is 10.6 Å². The van der Waals surface area contributed by atoms with Crippen LogP contribution >= 0.6 is 0 Å². The second-order valence-electron chi connectivity index (χ2n) is 3.93. The molecule has 1 aromatic rings. The predicted octanol–water partition coefficient (Wildman–Crippen LogP) is 0.968. The molecule has 0 aliphatic carbocycles. The summed E-state index contributed by atoms with van der Waals surface area (Å²) in [6.45, 7) is 2.83. The minimum Gasteiger partial charge on any atom is -0.341 e. The lowest BCUT2D eigenvalue weighted by atomic mass is 10.1. The van der Waals surface area contributed by atoms with Crippen LogP contribution in [-0.2, 0) is 6.42 Å². The van der Waals surface area contributed by atoms with Crippen LogP contribution in [0.1, 0.15) is 25.0 Å². The van der Waals surface area contributed by atoms with Crippen LogP contribution < -0.4 is 10.6 Å². The largest absolute Gasteiger partial charge is 0.341 e. The first-order chi connectivity index (χ1) is 7.40. The van der Waals surface area contributed by atoms with Crippen molar-refractivity contribution in [3.8, 4) is 0 Å². The van der Waals surface area contributed by atoms with Gasteiger partial charge in [-0.3, -0.25) is 0 Å². The number of aromatic nitrogens is 2. The molecule has 0 spiro atoms. The van der Waals surface area contributed by atoms with Crippen molar-refractivity contribution >= 4 is 5.95 Å². The first-order valence-corrected chi connectivity index (χ1v) is 5.67. The number of anilines is 1. The Kier molecular flexibility index (Phi) is 3.50. The molecule has 15 heavy (non-hydrogen) atoms. The maximum absolute atomic E-state index is 5.52. The molecular weight excluding hydrogens is 188 g/mol. The molecule has 82 valence electrons. The van der Waals surface area contributed by atoms with Crippen LogP contribution in [0.5, 0.6) is 0 Å². The van der Waals surface area contributed by atoms with Crippen LogP contribution in [0.25, 0.3) is 0 Å². The van der Waals surface area contributed by atoms with E-state index in [2.05, 4.69) is 14.9 Å². The van der Waals surface area contributed by atoms with Gasteiger partial charge in [-0.25, -0.2) is 9.97 Å². The van der Waals surface area contributed by atoms with Crippen LogP contribution in [0.4, 0.5) is 5.95 Å². The number of piperidine rings is 1. The first kappa shape index (κ1) is 10.4. The third kappa shape index (κ3) is 2.65. The summed E-state index contributed by atoms with van der Waals surface area (Å²) in [4.78, 5) is 11.1. The van der Waals surface area contributed by atoms with Gasteiger partial charge in [0.25, 0.3) is 0 Å². The Morgan fingerprint density at radius 2 is 2.07 bits per heavy atom. The van der Waals surface area contributed by atoms with Gasteiger partial charge in [0.2, 0.25) is 5.95 Å². The van der Waals surface area contributed by atoms with E-state index in [1.54, 1.807) is 0 Å². The molecule has 0 aromatic carbocycles. The van der Waals surface area contributed by atoms with Crippen molar-refractivity contribution in [1.82, 2.24) is 9.97 Å². The molecule has 2 rings (SSSR count). The van der Waals surface area contributed by atoms with Crippen molar-refractivity contribution in [3.05, 3.63) is 18.0 Å². The van der Waals surface area contributed by atoms with Gasteiger partial charge in [0.05, 0.1) is 0 Å². The van der Waals surface area contributed by atoms with Gasteiger partial charge in [0.15, 0.2) is 0 Å². The molecule has 1 aliphatic heterocycles. The highest BCUT2D eigenvalue weighted by molar-refractivity contribution is 5.30. The summed E-state index contributed by atoms with van der Waals surface area (Å²) in [5, 5.41) is 0. The monoisotopic (exact) mass is 206 g/mol. The van der Waals surface area contributed by atoms with Crippen LogP contribution in [0, 0.1) is 0 Å². The third-order valence-electron chi connectivity index (χ3n) is 2.74. The highest BCUT2D eigenvalue weighted by atomic mass is 15.2. The van der Waals surface area contributed by atoms with E-state index in [-0.39, 0.29) is 0 Å². The van der Waals surface area contributed by atoms with E-state index in [9.17, 15) is 0 Å². The molecular formula is C11H18N4. The lowest BCUT2D eigenvalue weighted by molar-refractivity contribution is 0.567. The normalized spacial score (nSPS) is 16.7. The standard InChI is InChI=1S/C11H18N4/c12-6-4-10-5-7-13-11(14-10)15-8-2-1-3-9-15/h5,7H,1-4,6,8-9,12H2. The number of hydrogen-bond donors (Lipinski definition) is 1. The zero-order valence-electron chi connectivity index (χ0n) is 9.02. The summed E-state index contributed by atoms with van der Waals surface area (Å²) >= 11 is 0. The Morgan fingerprint density at radius 1 is 1.27 bits per heavy atom. The molecule has 1 fully saturated rings. The molecule has 0 bridgehead atoms. The van der Waals surface area contributed by atoms with Crippen LogP contribution in [0.15, 0.2) is 12.3 Å². The zero-order valence-corrected chi connectivity index (χ0v) is 9.02. The molecule has 0 unspecified atom stereocenters. The highest BCUT2D eigenvalue weighted by Gasteiger charge is 2.13. The molecule has 1 saturated heterocycles. The Bertz CT molecular complexity index is 307. The molecule has 1 aliphatic rings. The molecule has 1 aromatic heterocycles. The molecule has 4 heteroatoms. The predicted molar refractivity (Wildman–Crippen MR) is 60.9 cm³/mol. The summed E-state index contributed by atoms with van der Waals surface area (Å²) in [6.07, 6.45) is 6.51. The summed E-state index contributed by atoms with van der Waals surface area (Å²) in [6, 6.07) is 1.94. The molecule has 0 atom stereocenters. The van der Waals surface area contributed by atoms with Crippen molar-refractivity contribution in [3.63, 3.8) is 0 Å². The van der Waals surface area contributed by atoms with Gasteiger partial charge in [-0.15, -0.1) is 0 Å². The van der Waals surface area contributed by atoms with Crippen molar-refractivity contribution in [2.75, 3.05) is 24.5 Å². The van der Waals surface area contributed by atoms with Crippen molar-refractivity contribution < 1.29 is 0 Å². The van der Waals surface area contributed by atoms with Crippen molar-refractivity contribution in [2.45, 2.75) is 25.7 Å². The number of rotatable bonds is 3. The fraction of sp³-hybridized carbons (Fsp3) is 0.636. The Balaban J connectivity index is 2.09. The Labute approximate surface area is 90.5 Å². The maximum Gasteiger partial charge on any atom is 0.225 e. The first-order valence-electron chi connectivity index (χ1n) is 5.67. The number of hydrogen-bond acceptors (Lipinski definition) is 4. The fourth-order valence-electron chi connectivity index (χ4n) is 1.92. The van der Waals surface area contributed by atoms with Crippen LogP contribution in [0.2, 0.25) is 0 Å². The minimum absolute atomic E-state index is 0.649. The quantitative estimate of drug-likeness (QED) is 0.800. The molecule has 0 amide bonds. The molecule has 0 radical (unpaired) electrons. The second kappa shape index (κ2) is 5.07. The van der Waals surface area contributed by atoms with E-state index in [1.165, 1.54) is 19.3 Å². The molecule has 2 N–H and O–H groups in total. The Morgan fingerprint density at radius 3 is 2.80 bits per heavy atom. The average Bonchev–Trinajstić information content (AvgIpc) is 2.31. The van der Waals surface area contributed by atoms with Crippen molar-refractivity contribution in [1.29, 1.82) is 0 Å². The van der Waals surface area contributed by atoms with E-state index in [1.807, 2.05) is 12.3 Å². The van der Waals surface area contributed by atoms with Gasteiger partial charge in [-0.2, -0.15) is 0 Å².